The third kappa shape index (κ3) is 2.75. The van der Waals surface area contributed by atoms with Crippen LogP contribution in [0.3, 0.4) is 0 Å². The Morgan fingerprint density at radius 2 is 2.36 bits per heavy atom. The van der Waals surface area contributed by atoms with Crippen LogP contribution in [0.25, 0.3) is 0 Å². The lowest BCUT2D eigenvalue weighted by Gasteiger charge is -1.98. The number of nitrogens with zero attached hydrogens (tertiary/aromatic N) is 2. The molecule has 0 aliphatic carbocycles. The summed E-state index contributed by atoms with van der Waals surface area (Å²) in [7, 11) is 1.91. The van der Waals surface area contributed by atoms with Gasteiger partial charge in [0.25, 0.3) is 0 Å². The third-order valence-corrected chi connectivity index (χ3v) is 2.61. The first-order valence-corrected chi connectivity index (χ1v) is 4.98. The van der Waals surface area contributed by atoms with E-state index in [0.717, 1.165) is 12.4 Å². The topological polar surface area (TPSA) is 29.9 Å². The van der Waals surface area contributed by atoms with E-state index in [4.69, 9.17) is 0 Å². The Balaban J connectivity index is 0.000000980. The fourth-order valence-electron chi connectivity index (χ4n) is 1.10. The van der Waals surface area contributed by atoms with Crippen LogP contribution in [-0.2, 0) is 13.6 Å². The van der Waals surface area contributed by atoms with Crippen molar-refractivity contribution >= 4 is 29.6 Å². The van der Waals surface area contributed by atoms with Crippen molar-refractivity contribution in [3.05, 3.63) is 34.7 Å². The second-order valence-corrected chi connectivity index (χ2v) is 3.84. The highest BCUT2D eigenvalue weighted by Gasteiger charge is 1.96. The van der Waals surface area contributed by atoms with E-state index in [1.807, 2.05) is 19.3 Å². The molecule has 76 valence electrons. The number of thiophene rings is 1. The van der Waals surface area contributed by atoms with Crippen molar-refractivity contribution in [3.63, 3.8) is 0 Å². The molecule has 0 atom stereocenters. The molecule has 0 spiro atoms. The molecule has 5 heteroatoms. The highest BCUT2D eigenvalue weighted by atomic mass is 35.5. The van der Waals surface area contributed by atoms with Crippen LogP contribution in [0.2, 0.25) is 0 Å². The van der Waals surface area contributed by atoms with Crippen LogP contribution >= 0.6 is 23.7 Å². The highest BCUT2D eigenvalue weighted by Crippen LogP contribution is 2.10. The highest BCUT2D eigenvalue weighted by molar-refractivity contribution is 7.09. The Hall–Kier alpha value is -1.00. The Morgan fingerprint density at radius 1 is 1.50 bits per heavy atom. The van der Waals surface area contributed by atoms with E-state index in [2.05, 4.69) is 27.9 Å². The minimum atomic E-state index is 0. The SMILES string of the molecule is Cl.Cn1ccc(NCc2cccs2)n1. The molecule has 0 unspecified atom stereocenters. The van der Waals surface area contributed by atoms with E-state index in [1.54, 1.807) is 16.0 Å². The fourth-order valence-corrected chi connectivity index (χ4v) is 1.74. The molecular formula is C9H12ClN3S. The van der Waals surface area contributed by atoms with Gasteiger partial charge in [-0.15, -0.1) is 23.7 Å². The first-order valence-electron chi connectivity index (χ1n) is 4.10. The van der Waals surface area contributed by atoms with Gasteiger partial charge in [0.1, 0.15) is 5.82 Å². The van der Waals surface area contributed by atoms with Crippen LogP contribution in [0.1, 0.15) is 4.88 Å². The normalized spacial score (nSPS) is 9.50. The van der Waals surface area contributed by atoms with Gasteiger partial charge in [0.15, 0.2) is 0 Å². The zero-order valence-corrected chi connectivity index (χ0v) is 9.44. The van der Waals surface area contributed by atoms with Crippen molar-refractivity contribution in [2.75, 3.05) is 5.32 Å². The number of aryl methyl sites for hydroxylation is 1. The van der Waals surface area contributed by atoms with Crippen LogP contribution in [0.15, 0.2) is 29.8 Å². The molecule has 0 amide bonds. The fraction of sp³-hybridized carbons (Fsp3) is 0.222. The smallest absolute Gasteiger partial charge is 0.148 e. The molecule has 2 heterocycles. The molecule has 0 radical (unpaired) electrons. The van der Waals surface area contributed by atoms with Crippen molar-refractivity contribution in [3.8, 4) is 0 Å². The summed E-state index contributed by atoms with van der Waals surface area (Å²) >= 11 is 1.75. The summed E-state index contributed by atoms with van der Waals surface area (Å²) in [4.78, 5) is 1.32. The van der Waals surface area contributed by atoms with E-state index >= 15 is 0 Å². The van der Waals surface area contributed by atoms with E-state index < -0.39 is 0 Å². The van der Waals surface area contributed by atoms with Gasteiger partial charge in [-0.3, -0.25) is 4.68 Å². The van der Waals surface area contributed by atoms with Gasteiger partial charge in [-0.2, -0.15) is 5.10 Å². The quantitative estimate of drug-likeness (QED) is 0.877. The van der Waals surface area contributed by atoms with Crippen LogP contribution in [0, 0.1) is 0 Å². The van der Waals surface area contributed by atoms with E-state index in [9.17, 15) is 0 Å². The molecule has 3 nitrogen and oxygen atoms in total. The molecule has 2 rings (SSSR count). The maximum atomic E-state index is 4.22. The Kier molecular flexibility index (Phi) is 3.98. The molecule has 2 aromatic rings. The van der Waals surface area contributed by atoms with Crippen LogP contribution in [-0.4, -0.2) is 9.78 Å². The Labute approximate surface area is 93.2 Å². The molecular weight excluding hydrogens is 218 g/mol. The van der Waals surface area contributed by atoms with Gasteiger partial charge in [-0.05, 0) is 11.4 Å². The van der Waals surface area contributed by atoms with E-state index in [1.165, 1.54) is 4.88 Å². The summed E-state index contributed by atoms with van der Waals surface area (Å²) in [6.07, 6.45) is 1.93. The molecule has 0 aliphatic heterocycles. The van der Waals surface area contributed by atoms with Gasteiger partial charge < -0.3 is 5.32 Å². The monoisotopic (exact) mass is 229 g/mol. The largest absolute Gasteiger partial charge is 0.364 e. The summed E-state index contributed by atoms with van der Waals surface area (Å²) in [5.74, 6) is 0.927. The van der Waals surface area contributed by atoms with Gasteiger partial charge in [0, 0.05) is 24.2 Å². The third-order valence-electron chi connectivity index (χ3n) is 1.74. The summed E-state index contributed by atoms with van der Waals surface area (Å²) < 4.78 is 1.79. The summed E-state index contributed by atoms with van der Waals surface area (Å²) in [6.45, 7) is 0.856. The van der Waals surface area contributed by atoms with Gasteiger partial charge in [0.05, 0.1) is 6.54 Å². The molecule has 0 fully saturated rings. The van der Waals surface area contributed by atoms with Gasteiger partial charge in [0.2, 0.25) is 0 Å². The molecule has 0 saturated heterocycles. The Bertz CT molecular complexity index is 369. The van der Waals surface area contributed by atoms with Crippen LogP contribution in [0.4, 0.5) is 5.82 Å². The second-order valence-electron chi connectivity index (χ2n) is 2.81. The van der Waals surface area contributed by atoms with Crippen molar-refractivity contribution in [1.29, 1.82) is 0 Å². The van der Waals surface area contributed by atoms with Gasteiger partial charge in [-0.25, -0.2) is 0 Å². The first kappa shape index (κ1) is 11.1. The van der Waals surface area contributed by atoms with E-state index in [-0.39, 0.29) is 12.4 Å². The predicted octanol–water partition coefficient (Wildman–Crippen LogP) is 2.52. The average Bonchev–Trinajstić information content (AvgIpc) is 2.71. The number of rotatable bonds is 3. The summed E-state index contributed by atoms with van der Waals surface area (Å²) in [5, 5.41) is 9.55. The number of halogens is 1. The average molecular weight is 230 g/mol. The molecule has 0 aliphatic rings. The van der Waals surface area contributed by atoms with Gasteiger partial charge in [-0.1, -0.05) is 6.07 Å². The van der Waals surface area contributed by atoms with E-state index in [0.29, 0.717) is 0 Å². The maximum absolute atomic E-state index is 4.22. The minimum absolute atomic E-state index is 0. The number of anilines is 1. The van der Waals surface area contributed by atoms with Crippen molar-refractivity contribution < 1.29 is 0 Å². The minimum Gasteiger partial charge on any atom is -0.364 e. The first-order chi connectivity index (χ1) is 6.34. The number of nitrogens with one attached hydrogen (secondary N) is 1. The number of hydrogen-bond acceptors (Lipinski definition) is 3. The van der Waals surface area contributed by atoms with Crippen LogP contribution < -0.4 is 5.32 Å². The Morgan fingerprint density at radius 3 is 2.93 bits per heavy atom. The zero-order chi connectivity index (χ0) is 9.10. The molecule has 2 aromatic heterocycles. The molecule has 1 N–H and O–H groups in total. The standard InChI is InChI=1S/C9H11N3S.ClH/c1-12-5-4-9(11-12)10-7-8-3-2-6-13-8;/h2-6H,7H2,1H3,(H,10,11);1H. The van der Waals surface area contributed by atoms with Crippen molar-refractivity contribution in [1.82, 2.24) is 9.78 Å². The molecule has 14 heavy (non-hydrogen) atoms. The van der Waals surface area contributed by atoms with Crippen LogP contribution in [0.5, 0.6) is 0 Å². The van der Waals surface area contributed by atoms with Crippen molar-refractivity contribution in [2.45, 2.75) is 6.54 Å². The van der Waals surface area contributed by atoms with Crippen molar-refractivity contribution in [2.24, 2.45) is 7.05 Å². The number of aromatic nitrogens is 2. The second kappa shape index (κ2) is 5.02. The molecule has 0 saturated carbocycles. The molecule has 0 bridgehead atoms. The number of hydrogen-bond donors (Lipinski definition) is 1. The molecule has 0 aromatic carbocycles. The lowest BCUT2D eigenvalue weighted by Crippen LogP contribution is -1.98. The maximum Gasteiger partial charge on any atom is 0.148 e. The lowest BCUT2D eigenvalue weighted by atomic mass is 10.4. The summed E-state index contributed by atoms with van der Waals surface area (Å²) in [5.41, 5.74) is 0. The lowest BCUT2D eigenvalue weighted by molar-refractivity contribution is 0.768. The predicted molar refractivity (Wildman–Crippen MR) is 62.1 cm³/mol. The van der Waals surface area contributed by atoms with Gasteiger partial charge >= 0.3 is 0 Å². The summed E-state index contributed by atoms with van der Waals surface area (Å²) in [6, 6.07) is 6.13. The zero-order valence-electron chi connectivity index (χ0n) is 7.80.